The molecule has 7 heteroatoms. The van der Waals surface area contributed by atoms with Gasteiger partial charge in [-0.3, -0.25) is 19.8 Å². The SMILES string of the molecule is CCCCCCCCNC(=O)CN(NC(=O)C(C)(C)C)C(=O)CN. The van der Waals surface area contributed by atoms with E-state index in [1.165, 1.54) is 25.7 Å². The Bertz CT molecular complexity index is 405. The van der Waals surface area contributed by atoms with E-state index in [9.17, 15) is 14.4 Å². The van der Waals surface area contributed by atoms with Crippen LogP contribution in [0.5, 0.6) is 0 Å². The van der Waals surface area contributed by atoms with E-state index >= 15 is 0 Å². The monoisotopic (exact) mass is 342 g/mol. The number of nitrogens with zero attached hydrogens (tertiary/aromatic N) is 1. The van der Waals surface area contributed by atoms with E-state index in [-0.39, 0.29) is 24.9 Å². The lowest BCUT2D eigenvalue weighted by Gasteiger charge is -2.26. The zero-order valence-corrected chi connectivity index (χ0v) is 15.6. The summed E-state index contributed by atoms with van der Waals surface area (Å²) in [7, 11) is 0. The van der Waals surface area contributed by atoms with Gasteiger partial charge < -0.3 is 11.1 Å². The summed E-state index contributed by atoms with van der Waals surface area (Å²) in [5.41, 5.74) is 7.14. The fourth-order valence-corrected chi connectivity index (χ4v) is 1.92. The highest BCUT2D eigenvalue weighted by molar-refractivity contribution is 5.89. The van der Waals surface area contributed by atoms with Gasteiger partial charge in [-0.2, -0.15) is 0 Å². The molecule has 0 aliphatic carbocycles. The summed E-state index contributed by atoms with van der Waals surface area (Å²) in [6.07, 6.45) is 6.84. The van der Waals surface area contributed by atoms with Gasteiger partial charge >= 0.3 is 0 Å². The van der Waals surface area contributed by atoms with Crippen molar-refractivity contribution in [3.8, 4) is 0 Å². The lowest BCUT2D eigenvalue weighted by Crippen LogP contribution is -2.54. The molecule has 0 atom stereocenters. The van der Waals surface area contributed by atoms with Crippen LogP contribution >= 0.6 is 0 Å². The fourth-order valence-electron chi connectivity index (χ4n) is 1.92. The first-order valence-corrected chi connectivity index (χ1v) is 8.80. The van der Waals surface area contributed by atoms with Crippen LogP contribution in [0, 0.1) is 5.41 Å². The van der Waals surface area contributed by atoms with E-state index in [0.29, 0.717) is 6.54 Å². The average molecular weight is 342 g/mol. The third kappa shape index (κ3) is 10.2. The predicted octanol–water partition coefficient (Wildman–Crippen LogP) is 1.33. The highest BCUT2D eigenvalue weighted by atomic mass is 16.2. The third-order valence-electron chi connectivity index (χ3n) is 3.55. The van der Waals surface area contributed by atoms with Crippen molar-refractivity contribution in [2.24, 2.45) is 11.1 Å². The first kappa shape index (κ1) is 22.4. The Kier molecular flexibility index (Phi) is 11.0. The van der Waals surface area contributed by atoms with Crippen LogP contribution in [-0.4, -0.2) is 42.4 Å². The highest BCUT2D eigenvalue weighted by Crippen LogP contribution is 2.12. The lowest BCUT2D eigenvalue weighted by atomic mass is 9.96. The Morgan fingerprint density at radius 1 is 1.00 bits per heavy atom. The van der Waals surface area contributed by atoms with Crippen LogP contribution in [0.2, 0.25) is 0 Å². The van der Waals surface area contributed by atoms with Crippen LogP contribution in [-0.2, 0) is 14.4 Å². The topological polar surface area (TPSA) is 105 Å². The Balaban J connectivity index is 4.22. The molecule has 0 aromatic heterocycles. The molecule has 0 aliphatic rings. The summed E-state index contributed by atoms with van der Waals surface area (Å²) in [6, 6.07) is 0. The highest BCUT2D eigenvalue weighted by Gasteiger charge is 2.26. The molecule has 0 unspecified atom stereocenters. The quantitative estimate of drug-likeness (QED) is 0.411. The normalized spacial score (nSPS) is 11.0. The maximum Gasteiger partial charge on any atom is 0.255 e. The van der Waals surface area contributed by atoms with Gasteiger partial charge in [0.2, 0.25) is 11.8 Å². The van der Waals surface area contributed by atoms with Gasteiger partial charge in [0.25, 0.3) is 5.91 Å². The average Bonchev–Trinajstić information content (AvgIpc) is 2.51. The molecule has 140 valence electrons. The number of unbranched alkanes of at least 4 members (excludes halogenated alkanes) is 5. The molecular weight excluding hydrogens is 308 g/mol. The number of hydrogen-bond acceptors (Lipinski definition) is 4. The van der Waals surface area contributed by atoms with E-state index in [1.54, 1.807) is 20.8 Å². The van der Waals surface area contributed by atoms with Gasteiger partial charge in [-0.15, -0.1) is 0 Å². The molecule has 0 bridgehead atoms. The summed E-state index contributed by atoms with van der Waals surface area (Å²) in [5, 5.41) is 3.76. The van der Waals surface area contributed by atoms with Gasteiger partial charge in [0.05, 0.1) is 6.54 Å². The van der Waals surface area contributed by atoms with E-state index in [0.717, 1.165) is 17.9 Å². The summed E-state index contributed by atoms with van der Waals surface area (Å²) >= 11 is 0. The molecule has 3 amide bonds. The van der Waals surface area contributed by atoms with Crippen LogP contribution in [0.3, 0.4) is 0 Å². The number of nitrogens with two attached hydrogens (primary N) is 1. The molecule has 0 aromatic carbocycles. The maximum absolute atomic E-state index is 12.0. The number of nitrogens with one attached hydrogen (secondary N) is 2. The second-order valence-corrected chi connectivity index (χ2v) is 6.99. The minimum absolute atomic E-state index is 0.228. The van der Waals surface area contributed by atoms with Crippen LogP contribution in [0.15, 0.2) is 0 Å². The maximum atomic E-state index is 12.0. The minimum atomic E-state index is -0.665. The molecule has 0 fully saturated rings. The van der Waals surface area contributed by atoms with E-state index in [1.807, 2.05) is 0 Å². The molecule has 0 aromatic rings. The Labute approximate surface area is 145 Å². The van der Waals surface area contributed by atoms with Crippen LogP contribution in [0.25, 0.3) is 0 Å². The molecule has 4 N–H and O–H groups in total. The smallest absolute Gasteiger partial charge is 0.255 e. The van der Waals surface area contributed by atoms with Gasteiger partial charge in [-0.25, -0.2) is 5.01 Å². The van der Waals surface area contributed by atoms with Gasteiger partial charge in [-0.1, -0.05) is 59.8 Å². The van der Waals surface area contributed by atoms with E-state index in [4.69, 9.17) is 5.73 Å². The van der Waals surface area contributed by atoms with Gasteiger partial charge in [0, 0.05) is 12.0 Å². The minimum Gasteiger partial charge on any atom is -0.354 e. The first-order chi connectivity index (χ1) is 11.2. The van der Waals surface area contributed by atoms with Crippen molar-refractivity contribution in [2.75, 3.05) is 19.6 Å². The van der Waals surface area contributed by atoms with Gasteiger partial charge in [0.15, 0.2) is 0 Å². The van der Waals surface area contributed by atoms with Crippen molar-refractivity contribution in [1.82, 2.24) is 15.8 Å². The third-order valence-corrected chi connectivity index (χ3v) is 3.55. The number of carbonyl (C=O) groups is 3. The lowest BCUT2D eigenvalue weighted by molar-refractivity contribution is -0.146. The number of rotatable bonds is 10. The number of carbonyl (C=O) groups excluding carboxylic acids is 3. The zero-order valence-electron chi connectivity index (χ0n) is 15.6. The Morgan fingerprint density at radius 2 is 1.58 bits per heavy atom. The first-order valence-electron chi connectivity index (χ1n) is 8.80. The molecule has 0 saturated heterocycles. The summed E-state index contributed by atoms with van der Waals surface area (Å²) < 4.78 is 0. The second kappa shape index (κ2) is 11.8. The van der Waals surface area contributed by atoms with Gasteiger partial charge in [0.1, 0.15) is 6.54 Å². The molecule has 7 nitrogen and oxygen atoms in total. The van der Waals surface area contributed by atoms with Crippen LogP contribution in [0.1, 0.15) is 66.2 Å². The summed E-state index contributed by atoms with van der Waals surface area (Å²) in [5.74, 6) is -1.14. The largest absolute Gasteiger partial charge is 0.354 e. The Hall–Kier alpha value is -1.63. The fraction of sp³-hybridized carbons (Fsp3) is 0.824. The Morgan fingerprint density at radius 3 is 2.12 bits per heavy atom. The molecule has 0 saturated carbocycles. The van der Waals surface area contributed by atoms with Crippen molar-refractivity contribution < 1.29 is 14.4 Å². The number of hydrogen-bond donors (Lipinski definition) is 3. The van der Waals surface area contributed by atoms with Gasteiger partial charge in [-0.05, 0) is 6.42 Å². The van der Waals surface area contributed by atoms with E-state index < -0.39 is 11.3 Å². The molecule has 0 heterocycles. The van der Waals surface area contributed by atoms with Crippen molar-refractivity contribution >= 4 is 17.7 Å². The molecule has 0 radical (unpaired) electrons. The standard InChI is InChI=1S/C17H34N4O3/c1-5-6-7-8-9-10-11-19-14(22)13-21(15(23)12-18)20-16(24)17(2,3)4/h5-13,18H2,1-4H3,(H,19,22)(H,20,24). The van der Waals surface area contributed by atoms with E-state index in [2.05, 4.69) is 17.7 Å². The number of amides is 3. The van der Waals surface area contributed by atoms with Crippen molar-refractivity contribution in [3.05, 3.63) is 0 Å². The van der Waals surface area contributed by atoms with Crippen molar-refractivity contribution in [1.29, 1.82) is 0 Å². The number of hydrazine groups is 1. The van der Waals surface area contributed by atoms with Crippen molar-refractivity contribution in [3.63, 3.8) is 0 Å². The predicted molar refractivity (Wildman–Crippen MR) is 94.8 cm³/mol. The summed E-state index contributed by atoms with van der Waals surface area (Å²) in [6.45, 7) is 7.43. The molecule has 24 heavy (non-hydrogen) atoms. The summed E-state index contributed by atoms with van der Waals surface area (Å²) in [4.78, 5) is 35.7. The molecule has 0 spiro atoms. The molecule has 0 rings (SSSR count). The second-order valence-electron chi connectivity index (χ2n) is 6.99. The molecule has 0 aliphatic heterocycles. The van der Waals surface area contributed by atoms with Crippen molar-refractivity contribution in [2.45, 2.75) is 66.2 Å². The van der Waals surface area contributed by atoms with Crippen LogP contribution in [0.4, 0.5) is 0 Å². The molecular formula is C17H34N4O3. The van der Waals surface area contributed by atoms with Crippen LogP contribution < -0.4 is 16.5 Å². The zero-order chi connectivity index (χ0) is 18.6.